The van der Waals surface area contributed by atoms with Gasteiger partial charge in [0, 0.05) is 38.4 Å². The number of aliphatic imine (C=N–C) groups is 1. The van der Waals surface area contributed by atoms with Crippen LogP contribution in [0, 0.1) is 5.92 Å². The largest absolute Gasteiger partial charge is 0.357 e. The summed E-state index contributed by atoms with van der Waals surface area (Å²) in [6.45, 7) is 5.87. The van der Waals surface area contributed by atoms with Crippen molar-refractivity contribution in [3.05, 3.63) is 53.9 Å². The summed E-state index contributed by atoms with van der Waals surface area (Å²) in [4.78, 5) is 7.21. The summed E-state index contributed by atoms with van der Waals surface area (Å²) in [5.41, 5.74) is 2.61. The normalized spacial score (nSPS) is 16.2. The number of likely N-dealkylation sites (tertiary alicyclic amines) is 1. The summed E-state index contributed by atoms with van der Waals surface area (Å²) >= 11 is 0. The first-order chi connectivity index (χ1) is 12.2. The average Bonchev–Trinajstić information content (AvgIpc) is 3.06. The second kappa shape index (κ2) is 8.70. The summed E-state index contributed by atoms with van der Waals surface area (Å²) in [7, 11) is 1.94. The predicted octanol–water partition coefficient (Wildman–Crippen LogP) is 2.84. The number of hydrogen-bond acceptors (Lipinski definition) is 2. The highest BCUT2D eigenvalue weighted by atomic mass is 15.3. The van der Waals surface area contributed by atoms with Crippen LogP contribution in [0.15, 0.2) is 47.7 Å². The lowest BCUT2D eigenvalue weighted by Crippen LogP contribution is -2.45. The molecule has 1 aliphatic rings. The molecule has 1 aromatic heterocycles. The van der Waals surface area contributed by atoms with E-state index in [1.54, 1.807) is 0 Å². The van der Waals surface area contributed by atoms with E-state index in [1.165, 1.54) is 24.8 Å². The Balaban J connectivity index is 1.54. The van der Waals surface area contributed by atoms with Gasteiger partial charge in [-0.1, -0.05) is 30.3 Å². The Kier molecular flexibility index (Phi) is 6.09. The van der Waals surface area contributed by atoms with Crippen LogP contribution in [0.4, 0.5) is 0 Å². The van der Waals surface area contributed by atoms with Crippen molar-refractivity contribution in [2.45, 2.75) is 32.7 Å². The summed E-state index contributed by atoms with van der Waals surface area (Å²) in [6.07, 6.45) is 7.56. The number of piperidine rings is 1. The highest BCUT2D eigenvalue weighted by Gasteiger charge is 2.21. The molecule has 0 amide bonds. The molecule has 2 aromatic rings. The minimum Gasteiger partial charge on any atom is -0.357 e. The van der Waals surface area contributed by atoms with Crippen LogP contribution >= 0.6 is 0 Å². The average molecular weight is 339 g/mol. The molecule has 1 aliphatic heterocycles. The molecule has 1 fully saturated rings. The Hall–Kier alpha value is -2.30. The van der Waals surface area contributed by atoms with E-state index in [0.717, 1.165) is 37.1 Å². The Labute approximate surface area is 150 Å². The van der Waals surface area contributed by atoms with Gasteiger partial charge in [0.25, 0.3) is 0 Å². The summed E-state index contributed by atoms with van der Waals surface area (Å²) < 4.78 is 1.83. The van der Waals surface area contributed by atoms with Crippen molar-refractivity contribution in [3.63, 3.8) is 0 Å². The van der Waals surface area contributed by atoms with E-state index >= 15 is 0 Å². The standard InChI is InChI=1S/C20H29N5/c1-3-21-20(22-14-19-15-23-24(2)16-19)25-11-9-18(10-12-25)13-17-7-5-4-6-8-17/h4-8,15-16,18H,3,9-14H2,1-2H3,(H,21,22). The van der Waals surface area contributed by atoms with Gasteiger partial charge in [-0.2, -0.15) is 5.10 Å². The van der Waals surface area contributed by atoms with Crippen molar-refractivity contribution in [2.24, 2.45) is 18.0 Å². The predicted molar refractivity (Wildman–Crippen MR) is 102 cm³/mol. The maximum absolute atomic E-state index is 4.81. The van der Waals surface area contributed by atoms with Crippen LogP contribution in [-0.2, 0) is 20.0 Å². The summed E-state index contributed by atoms with van der Waals surface area (Å²) in [6, 6.07) is 10.8. The maximum atomic E-state index is 4.81. The number of guanidine groups is 1. The van der Waals surface area contributed by atoms with Gasteiger partial charge in [0.1, 0.15) is 0 Å². The molecule has 0 atom stereocenters. The Morgan fingerprint density at radius 2 is 1.96 bits per heavy atom. The van der Waals surface area contributed by atoms with Crippen molar-refractivity contribution < 1.29 is 0 Å². The molecule has 2 heterocycles. The number of hydrogen-bond donors (Lipinski definition) is 1. The SMILES string of the molecule is CCNC(=NCc1cnn(C)c1)N1CCC(Cc2ccccc2)CC1. The second-order valence-corrected chi connectivity index (χ2v) is 6.81. The van der Waals surface area contributed by atoms with E-state index in [1.807, 2.05) is 24.1 Å². The van der Waals surface area contributed by atoms with Crippen molar-refractivity contribution in [1.29, 1.82) is 0 Å². The Bertz CT molecular complexity index is 668. The van der Waals surface area contributed by atoms with E-state index in [4.69, 9.17) is 4.99 Å². The van der Waals surface area contributed by atoms with E-state index in [-0.39, 0.29) is 0 Å². The van der Waals surface area contributed by atoms with Crippen LogP contribution in [0.25, 0.3) is 0 Å². The van der Waals surface area contributed by atoms with Crippen molar-refractivity contribution in [1.82, 2.24) is 20.0 Å². The summed E-state index contributed by atoms with van der Waals surface area (Å²) in [5, 5.41) is 7.66. The van der Waals surface area contributed by atoms with Gasteiger partial charge >= 0.3 is 0 Å². The van der Waals surface area contributed by atoms with E-state index in [2.05, 4.69) is 52.6 Å². The lowest BCUT2D eigenvalue weighted by molar-refractivity contribution is 0.259. The Morgan fingerprint density at radius 1 is 1.20 bits per heavy atom. The fraction of sp³-hybridized carbons (Fsp3) is 0.500. The third kappa shape index (κ3) is 5.08. The van der Waals surface area contributed by atoms with Gasteiger partial charge in [-0.05, 0) is 37.7 Å². The lowest BCUT2D eigenvalue weighted by Gasteiger charge is -2.34. The number of nitrogens with one attached hydrogen (secondary N) is 1. The molecule has 0 unspecified atom stereocenters. The van der Waals surface area contributed by atoms with Crippen LogP contribution in [0.5, 0.6) is 0 Å². The molecule has 0 spiro atoms. The van der Waals surface area contributed by atoms with E-state index < -0.39 is 0 Å². The second-order valence-electron chi connectivity index (χ2n) is 6.81. The first-order valence-electron chi connectivity index (χ1n) is 9.29. The first kappa shape index (κ1) is 17.5. The molecule has 0 aliphatic carbocycles. The molecular weight excluding hydrogens is 310 g/mol. The molecule has 5 heteroatoms. The molecule has 0 bridgehead atoms. The molecule has 134 valence electrons. The van der Waals surface area contributed by atoms with Crippen LogP contribution in [0.2, 0.25) is 0 Å². The molecule has 0 saturated carbocycles. The highest BCUT2D eigenvalue weighted by molar-refractivity contribution is 5.80. The minimum atomic E-state index is 0.681. The van der Waals surface area contributed by atoms with Crippen LogP contribution < -0.4 is 5.32 Å². The number of aromatic nitrogens is 2. The van der Waals surface area contributed by atoms with Gasteiger partial charge in [-0.25, -0.2) is 4.99 Å². The van der Waals surface area contributed by atoms with Crippen molar-refractivity contribution in [2.75, 3.05) is 19.6 Å². The fourth-order valence-electron chi connectivity index (χ4n) is 3.44. The first-order valence-corrected chi connectivity index (χ1v) is 9.29. The Morgan fingerprint density at radius 3 is 2.60 bits per heavy atom. The number of aryl methyl sites for hydroxylation is 1. The molecule has 5 nitrogen and oxygen atoms in total. The number of benzene rings is 1. The monoisotopic (exact) mass is 339 g/mol. The quantitative estimate of drug-likeness (QED) is 0.673. The molecule has 1 aromatic carbocycles. The third-order valence-corrected chi connectivity index (χ3v) is 4.79. The van der Waals surface area contributed by atoms with Gasteiger partial charge in [0.15, 0.2) is 5.96 Å². The fourth-order valence-corrected chi connectivity index (χ4v) is 3.44. The zero-order valence-electron chi connectivity index (χ0n) is 15.4. The highest BCUT2D eigenvalue weighted by Crippen LogP contribution is 2.21. The molecular formula is C20H29N5. The van der Waals surface area contributed by atoms with Crippen LogP contribution in [0.3, 0.4) is 0 Å². The molecule has 1 N–H and O–H groups in total. The van der Waals surface area contributed by atoms with Crippen molar-refractivity contribution in [3.8, 4) is 0 Å². The van der Waals surface area contributed by atoms with Crippen molar-refractivity contribution >= 4 is 5.96 Å². The van der Waals surface area contributed by atoms with Gasteiger partial charge in [-0.3, -0.25) is 4.68 Å². The van der Waals surface area contributed by atoms with Crippen LogP contribution in [-0.4, -0.2) is 40.3 Å². The van der Waals surface area contributed by atoms with E-state index in [0.29, 0.717) is 6.54 Å². The minimum absolute atomic E-state index is 0.681. The molecule has 0 radical (unpaired) electrons. The summed E-state index contributed by atoms with van der Waals surface area (Å²) in [5.74, 6) is 1.81. The topological polar surface area (TPSA) is 45.5 Å². The third-order valence-electron chi connectivity index (χ3n) is 4.79. The zero-order chi connectivity index (χ0) is 17.5. The molecule has 3 rings (SSSR count). The van der Waals surface area contributed by atoms with Gasteiger partial charge in [0.05, 0.1) is 12.7 Å². The van der Waals surface area contributed by atoms with Gasteiger partial charge in [0.2, 0.25) is 0 Å². The van der Waals surface area contributed by atoms with Gasteiger partial charge < -0.3 is 10.2 Å². The molecule has 1 saturated heterocycles. The molecule has 25 heavy (non-hydrogen) atoms. The lowest BCUT2D eigenvalue weighted by atomic mass is 9.90. The van der Waals surface area contributed by atoms with Crippen LogP contribution in [0.1, 0.15) is 30.9 Å². The van der Waals surface area contributed by atoms with Gasteiger partial charge in [-0.15, -0.1) is 0 Å². The number of rotatable bonds is 5. The maximum Gasteiger partial charge on any atom is 0.194 e. The smallest absolute Gasteiger partial charge is 0.194 e. The zero-order valence-corrected chi connectivity index (χ0v) is 15.4. The van der Waals surface area contributed by atoms with E-state index in [9.17, 15) is 0 Å². The number of nitrogens with zero attached hydrogens (tertiary/aromatic N) is 4.